The molecule has 1 fully saturated rings. The first kappa shape index (κ1) is 14.5. The summed E-state index contributed by atoms with van der Waals surface area (Å²) in [5.74, 6) is 0.377. The van der Waals surface area contributed by atoms with Gasteiger partial charge in [-0.15, -0.1) is 11.3 Å². The van der Waals surface area contributed by atoms with Gasteiger partial charge in [-0.05, 0) is 35.6 Å². The standard InChI is InChI=1S/C17H16FN3OS/c18-14-3-1-2-12(8-14)9-17(22)5-6-21(11-17)16-19-10-13-4-7-23-15(13)20-16/h1-4,7-8,10,22H,5-6,9,11H2. The van der Waals surface area contributed by atoms with Crippen molar-refractivity contribution in [1.82, 2.24) is 9.97 Å². The molecule has 2 aromatic heterocycles. The van der Waals surface area contributed by atoms with Crippen LogP contribution in [0.25, 0.3) is 10.2 Å². The third-order valence-electron chi connectivity index (χ3n) is 4.23. The number of aromatic nitrogens is 2. The third kappa shape index (κ3) is 2.92. The molecule has 1 aromatic carbocycles. The first-order chi connectivity index (χ1) is 11.1. The fourth-order valence-corrected chi connectivity index (χ4v) is 3.83. The van der Waals surface area contributed by atoms with E-state index in [1.165, 1.54) is 12.1 Å². The molecular formula is C17H16FN3OS. The molecule has 1 aliphatic rings. The van der Waals surface area contributed by atoms with Crippen molar-refractivity contribution in [2.75, 3.05) is 18.0 Å². The summed E-state index contributed by atoms with van der Waals surface area (Å²) in [4.78, 5) is 11.9. The number of hydrogen-bond acceptors (Lipinski definition) is 5. The Bertz CT molecular complexity index is 852. The molecule has 118 valence electrons. The van der Waals surface area contributed by atoms with E-state index >= 15 is 0 Å². The van der Waals surface area contributed by atoms with Crippen LogP contribution in [0, 0.1) is 5.82 Å². The van der Waals surface area contributed by atoms with Gasteiger partial charge in [0.15, 0.2) is 0 Å². The molecule has 0 amide bonds. The summed E-state index contributed by atoms with van der Waals surface area (Å²) in [6, 6.07) is 8.41. The van der Waals surface area contributed by atoms with Gasteiger partial charge in [0, 0.05) is 31.1 Å². The monoisotopic (exact) mass is 329 g/mol. The topological polar surface area (TPSA) is 49.2 Å². The summed E-state index contributed by atoms with van der Waals surface area (Å²) in [6.45, 7) is 1.16. The number of aliphatic hydroxyl groups is 1. The molecule has 1 N–H and O–H groups in total. The number of thiophene rings is 1. The van der Waals surface area contributed by atoms with Crippen molar-refractivity contribution in [1.29, 1.82) is 0 Å². The first-order valence-electron chi connectivity index (χ1n) is 7.53. The van der Waals surface area contributed by atoms with E-state index < -0.39 is 5.60 Å². The van der Waals surface area contributed by atoms with Crippen LogP contribution in [-0.4, -0.2) is 33.8 Å². The normalized spacial score (nSPS) is 21.2. The number of fused-ring (bicyclic) bond motifs is 1. The molecule has 0 spiro atoms. The van der Waals surface area contributed by atoms with Crippen LogP contribution in [0.1, 0.15) is 12.0 Å². The molecule has 6 heteroatoms. The summed E-state index contributed by atoms with van der Waals surface area (Å²) < 4.78 is 13.3. The number of benzene rings is 1. The van der Waals surface area contributed by atoms with Crippen molar-refractivity contribution in [3.63, 3.8) is 0 Å². The molecule has 0 saturated carbocycles. The van der Waals surface area contributed by atoms with Gasteiger partial charge in [0.05, 0.1) is 5.60 Å². The van der Waals surface area contributed by atoms with Crippen LogP contribution in [0.3, 0.4) is 0 Å². The lowest BCUT2D eigenvalue weighted by molar-refractivity contribution is 0.0636. The maximum Gasteiger partial charge on any atom is 0.226 e. The molecule has 1 atom stereocenters. The largest absolute Gasteiger partial charge is 0.388 e. The predicted molar refractivity (Wildman–Crippen MR) is 89.3 cm³/mol. The Morgan fingerprint density at radius 2 is 2.26 bits per heavy atom. The molecule has 23 heavy (non-hydrogen) atoms. The van der Waals surface area contributed by atoms with Crippen LogP contribution in [0.2, 0.25) is 0 Å². The van der Waals surface area contributed by atoms with Gasteiger partial charge >= 0.3 is 0 Å². The zero-order chi connectivity index (χ0) is 15.9. The SMILES string of the molecule is OC1(Cc2cccc(F)c2)CCN(c2ncc3ccsc3n2)C1. The van der Waals surface area contributed by atoms with E-state index in [9.17, 15) is 9.50 Å². The highest BCUT2D eigenvalue weighted by Crippen LogP contribution is 2.29. The number of halogens is 1. The molecular weight excluding hydrogens is 313 g/mol. The maximum absolute atomic E-state index is 13.3. The van der Waals surface area contributed by atoms with Crippen molar-refractivity contribution < 1.29 is 9.50 Å². The van der Waals surface area contributed by atoms with Crippen molar-refractivity contribution in [3.05, 3.63) is 53.3 Å². The predicted octanol–water partition coefficient (Wildman–Crippen LogP) is 3.01. The van der Waals surface area contributed by atoms with Crippen LogP contribution in [0.15, 0.2) is 41.9 Å². The lowest BCUT2D eigenvalue weighted by Gasteiger charge is -2.23. The lowest BCUT2D eigenvalue weighted by atomic mass is 9.94. The molecule has 1 saturated heterocycles. The Hall–Kier alpha value is -2.05. The van der Waals surface area contributed by atoms with Crippen LogP contribution in [-0.2, 0) is 6.42 Å². The number of anilines is 1. The van der Waals surface area contributed by atoms with Crippen LogP contribution in [0.5, 0.6) is 0 Å². The Labute approximate surface area is 137 Å². The highest BCUT2D eigenvalue weighted by molar-refractivity contribution is 7.16. The summed E-state index contributed by atoms with van der Waals surface area (Å²) in [7, 11) is 0. The van der Waals surface area contributed by atoms with Crippen LogP contribution in [0.4, 0.5) is 10.3 Å². The van der Waals surface area contributed by atoms with Crippen molar-refractivity contribution >= 4 is 27.5 Å². The summed E-state index contributed by atoms with van der Waals surface area (Å²) in [5.41, 5.74) is -0.0642. The maximum atomic E-state index is 13.3. The average Bonchev–Trinajstić information content (AvgIpc) is 3.13. The molecule has 3 heterocycles. The summed E-state index contributed by atoms with van der Waals surface area (Å²) in [5, 5.41) is 13.9. The number of β-amino-alcohol motifs (C(OH)–C–C–N with tert-alkyl or cyclic N) is 1. The minimum atomic E-state index is -0.873. The van der Waals surface area contributed by atoms with E-state index in [1.54, 1.807) is 17.4 Å². The number of nitrogens with zero attached hydrogens (tertiary/aromatic N) is 3. The van der Waals surface area contributed by atoms with Gasteiger partial charge in [0.2, 0.25) is 5.95 Å². The number of rotatable bonds is 3. The van der Waals surface area contributed by atoms with E-state index in [2.05, 4.69) is 9.97 Å². The quantitative estimate of drug-likeness (QED) is 0.802. The van der Waals surface area contributed by atoms with Gasteiger partial charge in [0.1, 0.15) is 10.6 Å². The van der Waals surface area contributed by atoms with E-state index in [4.69, 9.17) is 0 Å². The molecule has 0 bridgehead atoms. The Morgan fingerprint density at radius 3 is 3.13 bits per heavy atom. The third-order valence-corrected chi connectivity index (χ3v) is 5.05. The molecule has 0 aliphatic carbocycles. The van der Waals surface area contributed by atoms with E-state index in [-0.39, 0.29) is 5.82 Å². The van der Waals surface area contributed by atoms with Gasteiger partial charge in [-0.1, -0.05) is 12.1 Å². The minimum Gasteiger partial charge on any atom is -0.388 e. The van der Waals surface area contributed by atoms with E-state index in [0.29, 0.717) is 31.9 Å². The van der Waals surface area contributed by atoms with Crippen molar-refractivity contribution in [3.8, 4) is 0 Å². The van der Waals surface area contributed by atoms with Crippen molar-refractivity contribution in [2.45, 2.75) is 18.4 Å². The summed E-state index contributed by atoms with van der Waals surface area (Å²) in [6.07, 6.45) is 2.87. The lowest BCUT2D eigenvalue weighted by Crippen LogP contribution is -2.36. The zero-order valence-electron chi connectivity index (χ0n) is 12.4. The summed E-state index contributed by atoms with van der Waals surface area (Å²) >= 11 is 1.58. The second-order valence-electron chi connectivity index (χ2n) is 6.05. The second-order valence-corrected chi connectivity index (χ2v) is 6.95. The van der Waals surface area contributed by atoms with Gasteiger partial charge in [-0.2, -0.15) is 0 Å². The Morgan fingerprint density at radius 1 is 1.35 bits per heavy atom. The smallest absolute Gasteiger partial charge is 0.226 e. The van der Waals surface area contributed by atoms with Gasteiger partial charge in [-0.25, -0.2) is 14.4 Å². The van der Waals surface area contributed by atoms with Crippen molar-refractivity contribution in [2.24, 2.45) is 0 Å². The molecule has 3 aromatic rings. The zero-order valence-corrected chi connectivity index (χ0v) is 13.3. The second kappa shape index (κ2) is 5.54. The van der Waals surface area contributed by atoms with Gasteiger partial charge < -0.3 is 10.0 Å². The van der Waals surface area contributed by atoms with E-state index in [0.717, 1.165) is 15.8 Å². The molecule has 0 radical (unpaired) electrons. The fraction of sp³-hybridized carbons (Fsp3) is 0.294. The number of hydrogen-bond donors (Lipinski definition) is 1. The highest BCUT2D eigenvalue weighted by Gasteiger charge is 2.37. The first-order valence-corrected chi connectivity index (χ1v) is 8.41. The molecule has 1 aliphatic heterocycles. The molecule has 1 unspecified atom stereocenters. The minimum absolute atomic E-state index is 0.271. The Balaban J connectivity index is 1.53. The van der Waals surface area contributed by atoms with Gasteiger partial charge in [0.25, 0.3) is 0 Å². The highest BCUT2D eigenvalue weighted by atomic mass is 32.1. The van der Waals surface area contributed by atoms with E-state index in [1.807, 2.05) is 28.6 Å². The van der Waals surface area contributed by atoms with Gasteiger partial charge in [-0.3, -0.25) is 0 Å². The fourth-order valence-electron chi connectivity index (χ4n) is 3.10. The van der Waals surface area contributed by atoms with Crippen LogP contribution >= 0.6 is 11.3 Å². The average molecular weight is 329 g/mol. The van der Waals surface area contributed by atoms with Crippen LogP contribution < -0.4 is 4.90 Å². The molecule has 4 nitrogen and oxygen atoms in total. The Kier molecular flexibility index (Phi) is 3.50. The molecule has 4 rings (SSSR count).